The van der Waals surface area contributed by atoms with Crippen LogP contribution in [0.2, 0.25) is 0 Å². The van der Waals surface area contributed by atoms with Crippen molar-refractivity contribution < 1.29 is 14.6 Å². The van der Waals surface area contributed by atoms with E-state index >= 15 is 0 Å². The van der Waals surface area contributed by atoms with E-state index < -0.39 is 6.10 Å². The van der Waals surface area contributed by atoms with Gasteiger partial charge in [-0.05, 0) is 49.5 Å². The molecule has 1 aromatic rings. The van der Waals surface area contributed by atoms with Gasteiger partial charge in [0.2, 0.25) is 0 Å². The van der Waals surface area contributed by atoms with Gasteiger partial charge in [-0.1, -0.05) is 12.1 Å². The second kappa shape index (κ2) is 6.40. The van der Waals surface area contributed by atoms with Crippen LogP contribution in [-0.2, 0) is 4.79 Å². The average Bonchev–Trinajstić information content (AvgIpc) is 3.42. The molecule has 3 N–H and O–H groups in total. The summed E-state index contributed by atoms with van der Waals surface area (Å²) >= 11 is 0. The topological polar surface area (TPSA) is 70.6 Å². The van der Waals surface area contributed by atoms with E-state index in [4.69, 9.17) is 4.74 Å². The zero-order valence-corrected chi connectivity index (χ0v) is 12.7. The standard InChI is InChI=1S/C17H22N2O3/c1-22-14-8-2-11(3-9-14)16(20)10-15(18-12-4-5-12)17(21)19-13-6-7-13/h2-3,8-10,12-13,16,18,20H,4-7H2,1H3,(H,19,21)/b15-10+. The Kier molecular flexibility index (Phi) is 4.34. The van der Waals surface area contributed by atoms with Crippen molar-refractivity contribution in [1.82, 2.24) is 10.6 Å². The van der Waals surface area contributed by atoms with Crippen molar-refractivity contribution in [3.8, 4) is 5.75 Å². The highest BCUT2D eigenvalue weighted by atomic mass is 16.5. The normalized spacial score (nSPS) is 19.5. The fourth-order valence-corrected chi connectivity index (χ4v) is 2.18. The molecule has 2 fully saturated rings. The van der Waals surface area contributed by atoms with Crippen molar-refractivity contribution >= 4 is 5.91 Å². The third kappa shape index (κ3) is 4.01. The second-order valence-electron chi connectivity index (χ2n) is 5.96. The maximum atomic E-state index is 12.3. The molecule has 0 bridgehead atoms. The molecule has 1 atom stereocenters. The Morgan fingerprint density at radius 1 is 1.18 bits per heavy atom. The summed E-state index contributed by atoms with van der Waals surface area (Å²) in [6.45, 7) is 0. The van der Waals surface area contributed by atoms with E-state index in [0.29, 0.717) is 17.8 Å². The van der Waals surface area contributed by atoms with Crippen LogP contribution in [0, 0.1) is 0 Å². The van der Waals surface area contributed by atoms with E-state index in [1.54, 1.807) is 37.5 Å². The van der Waals surface area contributed by atoms with Gasteiger partial charge in [0.05, 0.1) is 18.9 Å². The van der Waals surface area contributed by atoms with Crippen molar-refractivity contribution in [3.63, 3.8) is 0 Å². The SMILES string of the molecule is COc1ccc(C(O)/C=C(/NC2CC2)C(=O)NC2CC2)cc1. The summed E-state index contributed by atoms with van der Waals surface area (Å²) < 4.78 is 5.11. The summed E-state index contributed by atoms with van der Waals surface area (Å²) in [6.07, 6.45) is 5.02. The first-order valence-corrected chi connectivity index (χ1v) is 7.77. The zero-order valence-electron chi connectivity index (χ0n) is 12.7. The molecule has 0 radical (unpaired) electrons. The third-order valence-electron chi connectivity index (χ3n) is 3.88. The van der Waals surface area contributed by atoms with Crippen molar-refractivity contribution in [2.75, 3.05) is 7.11 Å². The van der Waals surface area contributed by atoms with E-state index in [2.05, 4.69) is 10.6 Å². The molecule has 0 saturated heterocycles. The lowest BCUT2D eigenvalue weighted by atomic mass is 10.1. The molecule has 0 heterocycles. The number of ether oxygens (including phenoxy) is 1. The first-order valence-electron chi connectivity index (χ1n) is 7.77. The van der Waals surface area contributed by atoms with Gasteiger partial charge >= 0.3 is 0 Å². The van der Waals surface area contributed by atoms with Crippen LogP contribution in [-0.4, -0.2) is 30.2 Å². The molecule has 118 valence electrons. The Hall–Kier alpha value is -2.01. The molecular formula is C17H22N2O3. The lowest BCUT2D eigenvalue weighted by molar-refractivity contribution is -0.118. The highest BCUT2D eigenvalue weighted by molar-refractivity contribution is 5.93. The molecule has 2 saturated carbocycles. The largest absolute Gasteiger partial charge is 0.497 e. The first kappa shape index (κ1) is 14.9. The van der Waals surface area contributed by atoms with Gasteiger partial charge < -0.3 is 20.5 Å². The van der Waals surface area contributed by atoms with Crippen molar-refractivity contribution in [1.29, 1.82) is 0 Å². The fourth-order valence-electron chi connectivity index (χ4n) is 2.18. The molecule has 2 aliphatic carbocycles. The average molecular weight is 302 g/mol. The molecule has 2 aliphatic rings. The second-order valence-corrected chi connectivity index (χ2v) is 5.96. The van der Waals surface area contributed by atoms with Gasteiger partial charge in [0.25, 0.3) is 5.91 Å². The highest BCUT2D eigenvalue weighted by Crippen LogP contribution is 2.24. The Balaban J connectivity index is 1.71. The van der Waals surface area contributed by atoms with Crippen molar-refractivity contribution in [3.05, 3.63) is 41.6 Å². The first-order chi connectivity index (χ1) is 10.7. The number of benzene rings is 1. The van der Waals surface area contributed by atoms with E-state index in [0.717, 1.165) is 37.0 Å². The molecule has 1 unspecified atom stereocenters. The Morgan fingerprint density at radius 2 is 1.77 bits per heavy atom. The van der Waals surface area contributed by atoms with Crippen LogP contribution >= 0.6 is 0 Å². The number of rotatable bonds is 7. The zero-order chi connectivity index (χ0) is 15.5. The summed E-state index contributed by atoms with van der Waals surface area (Å²) in [5.74, 6) is 0.615. The maximum Gasteiger partial charge on any atom is 0.267 e. The number of aliphatic hydroxyl groups excluding tert-OH is 1. The molecule has 0 aromatic heterocycles. The minimum absolute atomic E-state index is 0.123. The Labute approximate surface area is 130 Å². The van der Waals surface area contributed by atoms with Crippen LogP contribution in [0.3, 0.4) is 0 Å². The van der Waals surface area contributed by atoms with Crippen LogP contribution in [0.25, 0.3) is 0 Å². The van der Waals surface area contributed by atoms with E-state index in [1.165, 1.54) is 0 Å². The molecule has 3 rings (SSSR count). The highest BCUT2D eigenvalue weighted by Gasteiger charge is 2.28. The predicted molar refractivity (Wildman–Crippen MR) is 83.4 cm³/mol. The number of carbonyl (C=O) groups is 1. The van der Waals surface area contributed by atoms with Gasteiger partial charge in [-0.25, -0.2) is 0 Å². The maximum absolute atomic E-state index is 12.3. The van der Waals surface area contributed by atoms with Crippen LogP contribution < -0.4 is 15.4 Å². The number of nitrogens with one attached hydrogen (secondary N) is 2. The minimum atomic E-state index is -0.822. The van der Waals surface area contributed by atoms with Crippen LogP contribution in [0.1, 0.15) is 37.4 Å². The molecule has 1 aromatic carbocycles. The van der Waals surface area contributed by atoms with Crippen molar-refractivity contribution in [2.45, 2.75) is 43.9 Å². The number of hydrogen-bond donors (Lipinski definition) is 3. The van der Waals surface area contributed by atoms with Gasteiger partial charge in [-0.2, -0.15) is 0 Å². The molecule has 5 heteroatoms. The Bertz CT molecular complexity index is 560. The number of hydrogen-bond acceptors (Lipinski definition) is 4. The summed E-state index contributed by atoms with van der Waals surface area (Å²) in [5, 5.41) is 16.5. The van der Waals surface area contributed by atoms with Crippen LogP contribution in [0.15, 0.2) is 36.0 Å². The molecular weight excluding hydrogens is 280 g/mol. The summed E-state index contributed by atoms with van der Waals surface area (Å²) in [5.41, 5.74) is 1.20. The van der Waals surface area contributed by atoms with Gasteiger partial charge in [-0.3, -0.25) is 4.79 Å². The Morgan fingerprint density at radius 3 is 2.32 bits per heavy atom. The van der Waals surface area contributed by atoms with Crippen molar-refractivity contribution in [2.24, 2.45) is 0 Å². The number of aliphatic hydroxyl groups is 1. The van der Waals surface area contributed by atoms with Gasteiger partial charge in [0.15, 0.2) is 0 Å². The fraction of sp³-hybridized carbons (Fsp3) is 0.471. The van der Waals surface area contributed by atoms with Crippen LogP contribution in [0.5, 0.6) is 5.75 Å². The number of amides is 1. The summed E-state index contributed by atoms with van der Waals surface area (Å²) in [4.78, 5) is 12.3. The number of carbonyl (C=O) groups excluding carboxylic acids is 1. The molecule has 1 amide bonds. The predicted octanol–water partition coefficient (Wildman–Crippen LogP) is 1.64. The smallest absolute Gasteiger partial charge is 0.267 e. The quantitative estimate of drug-likeness (QED) is 0.670. The van der Waals surface area contributed by atoms with E-state index in [9.17, 15) is 9.90 Å². The van der Waals surface area contributed by atoms with Gasteiger partial charge in [-0.15, -0.1) is 0 Å². The summed E-state index contributed by atoms with van der Waals surface area (Å²) in [7, 11) is 1.60. The van der Waals surface area contributed by atoms with Gasteiger partial charge in [0, 0.05) is 12.1 Å². The third-order valence-corrected chi connectivity index (χ3v) is 3.88. The van der Waals surface area contributed by atoms with Crippen LogP contribution in [0.4, 0.5) is 0 Å². The summed E-state index contributed by atoms with van der Waals surface area (Å²) in [6, 6.07) is 7.85. The lowest BCUT2D eigenvalue weighted by Crippen LogP contribution is -2.34. The van der Waals surface area contributed by atoms with E-state index in [1.807, 2.05) is 0 Å². The van der Waals surface area contributed by atoms with Gasteiger partial charge in [0.1, 0.15) is 5.75 Å². The minimum Gasteiger partial charge on any atom is -0.497 e. The monoisotopic (exact) mass is 302 g/mol. The molecule has 0 spiro atoms. The lowest BCUT2D eigenvalue weighted by Gasteiger charge is -2.13. The number of methoxy groups -OCH3 is 1. The van der Waals surface area contributed by atoms with E-state index in [-0.39, 0.29) is 5.91 Å². The molecule has 5 nitrogen and oxygen atoms in total. The molecule has 0 aliphatic heterocycles. The molecule has 22 heavy (non-hydrogen) atoms.